The number of hydrogen-bond acceptors (Lipinski definition) is 7. The summed E-state index contributed by atoms with van der Waals surface area (Å²) >= 11 is 1.44. The lowest BCUT2D eigenvalue weighted by Crippen LogP contribution is -2.23. The van der Waals surface area contributed by atoms with Crippen LogP contribution in [0, 0.1) is 5.82 Å². The lowest BCUT2D eigenvalue weighted by Gasteiger charge is -2.08. The van der Waals surface area contributed by atoms with E-state index >= 15 is 0 Å². The molecule has 10 heteroatoms. The van der Waals surface area contributed by atoms with Gasteiger partial charge in [0.15, 0.2) is 0 Å². The van der Waals surface area contributed by atoms with Crippen LogP contribution in [0.1, 0.15) is 22.3 Å². The molecule has 0 aliphatic carbocycles. The van der Waals surface area contributed by atoms with Gasteiger partial charge in [-0.15, -0.1) is 11.8 Å². The molecule has 3 aromatic heterocycles. The Morgan fingerprint density at radius 2 is 1.97 bits per heavy atom. The van der Waals surface area contributed by atoms with E-state index in [-0.39, 0.29) is 17.7 Å². The first-order valence-corrected chi connectivity index (χ1v) is 11.0. The first kappa shape index (κ1) is 22.4. The van der Waals surface area contributed by atoms with Crippen molar-refractivity contribution >= 4 is 34.5 Å². The number of thioether (sulfide) groups is 1. The largest absolute Gasteiger partial charge is 0.469 e. The number of nitrogens with zero attached hydrogens (tertiary/aromatic N) is 4. The maximum atomic E-state index is 13.3. The fourth-order valence-electron chi connectivity index (χ4n) is 3.17. The molecule has 0 aliphatic rings. The number of amides is 1. The first-order valence-electron chi connectivity index (χ1n) is 10.1. The van der Waals surface area contributed by atoms with Crippen LogP contribution in [-0.2, 0) is 16.1 Å². The molecule has 4 aromatic rings. The van der Waals surface area contributed by atoms with Crippen molar-refractivity contribution in [3.63, 3.8) is 0 Å². The Morgan fingerprint density at radius 1 is 1.15 bits per heavy atom. The van der Waals surface area contributed by atoms with Crippen LogP contribution >= 0.6 is 11.8 Å². The van der Waals surface area contributed by atoms with Crippen molar-refractivity contribution in [3.8, 4) is 5.69 Å². The fourth-order valence-corrected chi connectivity index (χ4v) is 4.02. The lowest BCUT2D eigenvalue weighted by atomic mass is 10.1. The first-order chi connectivity index (χ1) is 16.0. The van der Waals surface area contributed by atoms with E-state index in [1.165, 1.54) is 37.2 Å². The number of ether oxygens (including phenoxy) is 1. The Labute approximate surface area is 193 Å². The summed E-state index contributed by atoms with van der Waals surface area (Å²) in [6, 6.07) is 9.61. The number of hydrogen-bond donors (Lipinski definition) is 1. The van der Waals surface area contributed by atoms with Crippen molar-refractivity contribution in [2.45, 2.75) is 18.0 Å². The number of aromatic nitrogens is 4. The van der Waals surface area contributed by atoms with Gasteiger partial charge in [-0.05, 0) is 42.0 Å². The summed E-state index contributed by atoms with van der Waals surface area (Å²) in [7, 11) is 1.36. The third-order valence-electron chi connectivity index (χ3n) is 4.85. The van der Waals surface area contributed by atoms with Crippen LogP contribution in [0.25, 0.3) is 16.6 Å². The molecule has 0 fully saturated rings. The van der Waals surface area contributed by atoms with Crippen LogP contribution in [-0.4, -0.2) is 44.5 Å². The van der Waals surface area contributed by atoms with Crippen LogP contribution < -0.4 is 5.32 Å². The number of nitrogens with one attached hydrogen (secondary N) is 1. The van der Waals surface area contributed by atoms with Gasteiger partial charge < -0.3 is 10.1 Å². The summed E-state index contributed by atoms with van der Waals surface area (Å²) in [6.45, 7) is 0.300. The second-order valence-electron chi connectivity index (χ2n) is 7.01. The van der Waals surface area contributed by atoms with E-state index in [0.29, 0.717) is 40.9 Å². The van der Waals surface area contributed by atoms with Crippen LogP contribution in [0.3, 0.4) is 0 Å². The molecule has 0 saturated heterocycles. The molecule has 1 amide bonds. The number of carbonyl (C=O) groups is 2. The van der Waals surface area contributed by atoms with Gasteiger partial charge in [0.25, 0.3) is 5.91 Å². The highest BCUT2D eigenvalue weighted by atomic mass is 32.2. The van der Waals surface area contributed by atoms with Crippen LogP contribution in [0.5, 0.6) is 0 Å². The Bertz CT molecular complexity index is 1290. The van der Waals surface area contributed by atoms with E-state index < -0.39 is 0 Å². The number of pyridine rings is 2. The molecule has 0 aliphatic heterocycles. The van der Waals surface area contributed by atoms with Crippen molar-refractivity contribution in [1.29, 1.82) is 0 Å². The van der Waals surface area contributed by atoms with E-state index in [1.807, 2.05) is 12.1 Å². The van der Waals surface area contributed by atoms with Gasteiger partial charge in [0.1, 0.15) is 5.82 Å². The van der Waals surface area contributed by atoms with Gasteiger partial charge in [-0.25, -0.2) is 14.1 Å². The van der Waals surface area contributed by atoms with Crippen molar-refractivity contribution in [3.05, 3.63) is 78.1 Å². The van der Waals surface area contributed by atoms with Gasteiger partial charge in [0.05, 0.1) is 47.7 Å². The van der Waals surface area contributed by atoms with E-state index in [9.17, 15) is 14.0 Å². The predicted octanol–water partition coefficient (Wildman–Crippen LogP) is 3.54. The quantitative estimate of drug-likeness (QED) is 0.314. The summed E-state index contributed by atoms with van der Waals surface area (Å²) in [5.74, 6) is -0.337. The lowest BCUT2D eigenvalue weighted by molar-refractivity contribution is -0.140. The zero-order valence-corrected chi connectivity index (χ0v) is 18.5. The van der Waals surface area contributed by atoms with Crippen molar-refractivity contribution in [2.24, 2.45) is 0 Å². The third kappa shape index (κ3) is 5.35. The average Bonchev–Trinajstić information content (AvgIpc) is 3.27. The van der Waals surface area contributed by atoms with Gasteiger partial charge in [0, 0.05) is 30.1 Å². The molecule has 4 rings (SSSR count). The SMILES string of the molecule is COC(=O)CCSc1cc(CNC(=O)c2cncc3c2cnn3-c2ccc(F)cc2)ccn1. The Kier molecular flexibility index (Phi) is 6.94. The Morgan fingerprint density at radius 3 is 2.76 bits per heavy atom. The molecule has 3 heterocycles. The highest BCUT2D eigenvalue weighted by Crippen LogP contribution is 2.21. The van der Waals surface area contributed by atoms with Crippen molar-refractivity contribution in [1.82, 2.24) is 25.1 Å². The molecule has 0 atom stereocenters. The number of rotatable bonds is 8. The van der Waals surface area contributed by atoms with Crippen LogP contribution in [0.15, 0.2) is 66.2 Å². The monoisotopic (exact) mass is 465 g/mol. The summed E-state index contributed by atoms with van der Waals surface area (Å²) in [5, 5.41) is 8.64. The van der Waals surface area contributed by atoms with Gasteiger partial charge in [-0.3, -0.25) is 14.6 Å². The fraction of sp³-hybridized carbons (Fsp3) is 0.174. The zero-order valence-electron chi connectivity index (χ0n) is 17.7. The summed E-state index contributed by atoms with van der Waals surface area (Å²) in [5.41, 5.74) is 2.57. The van der Waals surface area contributed by atoms with Gasteiger partial charge >= 0.3 is 5.97 Å². The molecule has 0 saturated carbocycles. The third-order valence-corrected chi connectivity index (χ3v) is 5.78. The second-order valence-corrected chi connectivity index (χ2v) is 8.13. The molecule has 168 valence electrons. The van der Waals surface area contributed by atoms with E-state index in [4.69, 9.17) is 0 Å². The molecule has 0 spiro atoms. The molecule has 8 nitrogen and oxygen atoms in total. The number of benzene rings is 1. The highest BCUT2D eigenvalue weighted by molar-refractivity contribution is 7.99. The van der Waals surface area contributed by atoms with E-state index in [2.05, 4.69) is 25.1 Å². The smallest absolute Gasteiger partial charge is 0.306 e. The summed E-state index contributed by atoms with van der Waals surface area (Å²) < 4.78 is 19.5. The van der Waals surface area contributed by atoms with Gasteiger partial charge in [-0.2, -0.15) is 5.10 Å². The maximum Gasteiger partial charge on any atom is 0.306 e. The topological polar surface area (TPSA) is 99.0 Å². The number of carbonyl (C=O) groups excluding carboxylic acids is 2. The minimum atomic E-state index is -0.338. The van der Waals surface area contributed by atoms with Crippen molar-refractivity contribution in [2.75, 3.05) is 12.9 Å². The summed E-state index contributed by atoms with van der Waals surface area (Å²) in [4.78, 5) is 32.6. The number of fused-ring (bicyclic) bond motifs is 1. The normalized spacial score (nSPS) is 10.8. The molecular formula is C23H20FN5O3S. The van der Waals surface area contributed by atoms with E-state index in [0.717, 1.165) is 10.6 Å². The molecule has 1 aromatic carbocycles. The van der Waals surface area contributed by atoms with Crippen LogP contribution in [0.4, 0.5) is 4.39 Å². The average molecular weight is 466 g/mol. The maximum absolute atomic E-state index is 13.3. The molecule has 33 heavy (non-hydrogen) atoms. The molecule has 0 unspecified atom stereocenters. The second kappa shape index (κ2) is 10.2. The number of esters is 1. The Hall–Kier alpha value is -3.79. The molecular weight excluding hydrogens is 445 g/mol. The highest BCUT2D eigenvalue weighted by Gasteiger charge is 2.15. The summed E-state index contributed by atoms with van der Waals surface area (Å²) in [6.07, 6.45) is 6.67. The minimum Gasteiger partial charge on any atom is -0.469 e. The minimum absolute atomic E-state index is 0.267. The standard InChI is InChI=1S/C23H20FN5O3S/c1-32-22(30)7-9-33-21-10-15(6-8-26-21)11-27-23(31)19-12-25-14-20-18(19)13-28-29(20)17-4-2-16(24)3-5-17/h2-6,8,10,12-14H,7,9,11H2,1H3,(H,27,31). The molecule has 1 N–H and O–H groups in total. The molecule has 0 bridgehead atoms. The Balaban J connectivity index is 1.45. The predicted molar refractivity (Wildman–Crippen MR) is 122 cm³/mol. The van der Waals surface area contributed by atoms with Crippen molar-refractivity contribution < 1.29 is 18.7 Å². The number of methoxy groups -OCH3 is 1. The zero-order chi connectivity index (χ0) is 23.2. The van der Waals surface area contributed by atoms with Crippen LogP contribution in [0.2, 0.25) is 0 Å². The number of halogens is 1. The van der Waals surface area contributed by atoms with Gasteiger partial charge in [-0.1, -0.05) is 0 Å². The molecule has 0 radical (unpaired) electrons. The van der Waals surface area contributed by atoms with E-state index in [1.54, 1.807) is 35.4 Å². The van der Waals surface area contributed by atoms with Gasteiger partial charge in [0.2, 0.25) is 0 Å².